The molecule has 6 nitrogen and oxygen atoms in total. The summed E-state index contributed by atoms with van der Waals surface area (Å²) in [6, 6.07) is 10.4. The van der Waals surface area contributed by atoms with Crippen LogP contribution in [0.2, 0.25) is 0 Å². The van der Waals surface area contributed by atoms with E-state index in [9.17, 15) is 4.79 Å². The number of hydrogen-bond donors (Lipinski definition) is 0. The van der Waals surface area contributed by atoms with Crippen molar-refractivity contribution in [2.75, 3.05) is 32.9 Å². The van der Waals surface area contributed by atoms with Gasteiger partial charge in [0.25, 0.3) is 0 Å². The lowest BCUT2D eigenvalue weighted by Crippen LogP contribution is -2.55. The molecular formula is C27H41NO5. The minimum absolute atomic E-state index is 0.147. The zero-order valence-corrected chi connectivity index (χ0v) is 20.5. The van der Waals surface area contributed by atoms with Gasteiger partial charge in [-0.25, -0.2) is 4.79 Å². The fourth-order valence-electron chi connectivity index (χ4n) is 4.73. The fourth-order valence-corrected chi connectivity index (χ4v) is 4.73. The second-order valence-corrected chi connectivity index (χ2v) is 11.0. The minimum Gasteiger partial charge on any atom is -0.444 e. The molecule has 3 aliphatic rings. The van der Waals surface area contributed by atoms with Crippen molar-refractivity contribution in [3.63, 3.8) is 0 Å². The molecule has 1 heterocycles. The molecule has 2 saturated carbocycles. The van der Waals surface area contributed by atoms with E-state index in [-0.39, 0.29) is 12.2 Å². The zero-order chi connectivity index (χ0) is 23.3. The van der Waals surface area contributed by atoms with E-state index < -0.39 is 5.60 Å². The summed E-state index contributed by atoms with van der Waals surface area (Å²) < 4.78 is 23.2. The predicted molar refractivity (Wildman–Crippen MR) is 127 cm³/mol. The smallest absolute Gasteiger partial charge is 0.410 e. The van der Waals surface area contributed by atoms with Crippen molar-refractivity contribution in [1.82, 2.24) is 4.90 Å². The lowest BCUT2D eigenvalue weighted by Gasteiger charge is -2.39. The highest BCUT2D eigenvalue weighted by molar-refractivity contribution is 5.69. The van der Waals surface area contributed by atoms with E-state index in [4.69, 9.17) is 18.9 Å². The van der Waals surface area contributed by atoms with Crippen molar-refractivity contribution in [3.8, 4) is 0 Å². The molecule has 1 aromatic carbocycles. The molecule has 1 aromatic rings. The van der Waals surface area contributed by atoms with Gasteiger partial charge in [-0.1, -0.05) is 30.3 Å². The highest BCUT2D eigenvalue weighted by Gasteiger charge is 2.48. The van der Waals surface area contributed by atoms with Crippen molar-refractivity contribution in [3.05, 3.63) is 35.9 Å². The highest BCUT2D eigenvalue weighted by Crippen LogP contribution is 2.52. The zero-order valence-electron chi connectivity index (χ0n) is 20.5. The number of hydrogen-bond acceptors (Lipinski definition) is 5. The predicted octanol–water partition coefficient (Wildman–Crippen LogP) is 5.05. The quantitative estimate of drug-likeness (QED) is 0.409. The van der Waals surface area contributed by atoms with Crippen LogP contribution in [0.25, 0.3) is 0 Å². The molecule has 0 unspecified atom stereocenters. The Morgan fingerprint density at radius 3 is 2.42 bits per heavy atom. The van der Waals surface area contributed by atoms with Crippen LogP contribution in [0.3, 0.4) is 0 Å². The van der Waals surface area contributed by atoms with Crippen LogP contribution in [-0.2, 0) is 25.6 Å². The maximum Gasteiger partial charge on any atom is 0.410 e. The van der Waals surface area contributed by atoms with E-state index >= 15 is 0 Å². The van der Waals surface area contributed by atoms with E-state index in [1.807, 2.05) is 26.8 Å². The summed E-state index contributed by atoms with van der Waals surface area (Å²) in [5.41, 5.74) is 0.820. The molecule has 4 rings (SSSR count). The second-order valence-electron chi connectivity index (χ2n) is 11.0. The molecule has 1 saturated heterocycles. The molecule has 6 heteroatoms. The van der Waals surface area contributed by atoms with Gasteiger partial charge in [0.2, 0.25) is 0 Å². The molecule has 0 aromatic heterocycles. The fraction of sp³-hybridized carbons (Fsp3) is 0.741. The molecule has 0 radical (unpaired) electrons. The maximum absolute atomic E-state index is 11.9. The Morgan fingerprint density at radius 1 is 0.970 bits per heavy atom. The Morgan fingerprint density at radius 2 is 1.70 bits per heavy atom. The van der Waals surface area contributed by atoms with E-state index in [1.165, 1.54) is 24.8 Å². The molecule has 1 aliphatic heterocycles. The number of rotatable bonds is 12. The summed E-state index contributed by atoms with van der Waals surface area (Å²) >= 11 is 0. The molecule has 184 valence electrons. The summed E-state index contributed by atoms with van der Waals surface area (Å²) in [6.45, 7) is 10.1. The van der Waals surface area contributed by atoms with Crippen molar-refractivity contribution >= 4 is 6.09 Å². The third-order valence-electron chi connectivity index (χ3n) is 6.91. The van der Waals surface area contributed by atoms with E-state index in [1.54, 1.807) is 4.90 Å². The Labute approximate surface area is 198 Å². The van der Waals surface area contributed by atoms with Crippen molar-refractivity contribution in [2.24, 2.45) is 17.8 Å². The van der Waals surface area contributed by atoms with Gasteiger partial charge in [0.1, 0.15) is 5.60 Å². The van der Waals surface area contributed by atoms with Gasteiger partial charge in [0.15, 0.2) is 0 Å². The number of likely N-dealkylation sites (tertiary alicyclic amines) is 1. The first-order valence-electron chi connectivity index (χ1n) is 12.7. The standard InChI is InChI=1S/C27H41NO5/c1-27(2,3)33-26(29)28-16-24(17-28)31-12-8-7-11-30-19-22-15-25(22)21-13-23(14-21)32-18-20-9-5-4-6-10-20/h4-6,9-10,21-25H,7-8,11-19H2,1-3H3/t21?,22-,23?,25-/m0/s1. The number of carbonyl (C=O) groups is 1. The average Bonchev–Trinajstić information content (AvgIpc) is 3.45. The first-order chi connectivity index (χ1) is 15.9. The number of benzene rings is 1. The van der Waals surface area contributed by atoms with Gasteiger partial charge in [-0.15, -0.1) is 0 Å². The minimum atomic E-state index is -0.444. The number of unbranched alkanes of at least 4 members (excludes halogenated alkanes) is 1. The lowest BCUT2D eigenvalue weighted by molar-refractivity contribution is -0.0644. The van der Waals surface area contributed by atoms with Gasteiger partial charge < -0.3 is 23.8 Å². The van der Waals surface area contributed by atoms with Gasteiger partial charge >= 0.3 is 6.09 Å². The van der Waals surface area contributed by atoms with Gasteiger partial charge in [-0.3, -0.25) is 0 Å². The summed E-state index contributed by atoms with van der Waals surface area (Å²) in [6.07, 6.45) is 6.15. The topological polar surface area (TPSA) is 57.2 Å². The summed E-state index contributed by atoms with van der Waals surface area (Å²) in [7, 11) is 0. The summed E-state index contributed by atoms with van der Waals surface area (Å²) in [5.74, 6) is 2.46. The van der Waals surface area contributed by atoms with Crippen LogP contribution in [0.15, 0.2) is 30.3 Å². The summed E-state index contributed by atoms with van der Waals surface area (Å²) in [5, 5.41) is 0. The van der Waals surface area contributed by atoms with Crippen LogP contribution >= 0.6 is 0 Å². The summed E-state index contributed by atoms with van der Waals surface area (Å²) in [4.78, 5) is 13.6. The number of ether oxygens (including phenoxy) is 4. The Balaban J connectivity index is 0.936. The van der Waals surface area contributed by atoms with E-state index in [2.05, 4.69) is 24.3 Å². The first kappa shape index (κ1) is 24.5. The van der Waals surface area contributed by atoms with E-state index in [0.717, 1.165) is 57.0 Å². The number of nitrogens with zero attached hydrogens (tertiary/aromatic N) is 1. The second kappa shape index (κ2) is 11.2. The third-order valence-corrected chi connectivity index (χ3v) is 6.91. The lowest BCUT2D eigenvalue weighted by atomic mass is 9.78. The van der Waals surface area contributed by atoms with Crippen molar-refractivity contribution in [1.29, 1.82) is 0 Å². The molecule has 0 N–H and O–H groups in total. The van der Waals surface area contributed by atoms with Crippen molar-refractivity contribution < 1.29 is 23.7 Å². The van der Waals surface area contributed by atoms with Crippen LogP contribution in [0.1, 0.15) is 58.4 Å². The molecule has 0 spiro atoms. The Bertz CT molecular complexity index is 737. The van der Waals surface area contributed by atoms with Gasteiger partial charge in [-0.05, 0) is 76.2 Å². The molecular weight excluding hydrogens is 418 g/mol. The maximum atomic E-state index is 11.9. The molecule has 33 heavy (non-hydrogen) atoms. The largest absolute Gasteiger partial charge is 0.444 e. The molecule has 2 atom stereocenters. The van der Waals surface area contributed by atoms with Crippen LogP contribution in [0.5, 0.6) is 0 Å². The Hall–Kier alpha value is -1.63. The van der Waals surface area contributed by atoms with E-state index in [0.29, 0.717) is 19.2 Å². The number of carbonyl (C=O) groups excluding carboxylic acids is 1. The van der Waals surface area contributed by atoms with Crippen LogP contribution in [-0.4, -0.2) is 61.7 Å². The Kier molecular flexibility index (Phi) is 8.31. The monoisotopic (exact) mass is 459 g/mol. The van der Waals surface area contributed by atoms with Crippen LogP contribution in [0.4, 0.5) is 4.79 Å². The highest BCUT2D eigenvalue weighted by atomic mass is 16.6. The van der Waals surface area contributed by atoms with Gasteiger partial charge in [0.05, 0.1) is 31.9 Å². The van der Waals surface area contributed by atoms with Crippen LogP contribution in [0, 0.1) is 17.8 Å². The molecule has 1 amide bonds. The molecule has 3 fully saturated rings. The van der Waals surface area contributed by atoms with Gasteiger partial charge in [0, 0.05) is 19.8 Å². The first-order valence-corrected chi connectivity index (χ1v) is 12.7. The molecule has 0 bridgehead atoms. The average molecular weight is 460 g/mol. The molecule has 2 aliphatic carbocycles. The normalized spacial score (nSPS) is 27.1. The number of amides is 1. The van der Waals surface area contributed by atoms with Crippen molar-refractivity contribution in [2.45, 2.75) is 77.3 Å². The third kappa shape index (κ3) is 7.69. The van der Waals surface area contributed by atoms with Gasteiger partial charge in [-0.2, -0.15) is 0 Å². The van der Waals surface area contributed by atoms with Crippen LogP contribution < -0.4 is 0 Å². The SMILES string of the molecule is CC(C)(C)OC(=O)N1CC(OCCCCOC[C@@H]2C[C@H]2C2CC(OCc3ccccc3)C2)C1.